The van der Waals surface area contributed by atoms with E-state index in [0.717, 1.165) is 29.4 Å². The number of halogens is 1. The fraction of sp³-hybridized carbons (Fsp3) is 0.250. The maximum absolute atomic E-state index is 12.2. The van der Waals surface area contributed by atoms with Gasteiger partial charge >= 0.3 is 0 Å². The van der Waals surface area contributed by atoms with E-state index < -0.39 is 0 Å². The van der Waals surface area contributed by atoms with Crippen LogP contribution in [0.15, 0.2) is 42.6 Å². The summed E-state index contributed by atoms with van der Waals surface area (Å²) >= 11 is 3.43. The number of pyridine rings is 1. The molecule has 1 N–H and O–H groups in total. The summed E-state index contributed by atoms with van der Waals surface area (Å²) in [5, 5.41) is 3.89. The fourth-order valence-corrected chi connectivity index (χ4v) is 2.27. The highest BCUT2D eigenvalue weighted by molar-refractivity contribution is 9.09. The van der Waals surface area contributed by atoms with Crippen LogP contribution in [0, 0.1) is 6.92 Å². The van der Waals surface area contributed by atoms with Crippen molar-refractivity contribution in [3.63, 3.8) is 0 Å². The minimum absolute atomic E-state index is 0.166. The molecule has 3 nitrogen and oxygen atoms in total. The third-order valence-corrected chi connectivity index (χ3v) is 3.57. The van der Waals surface area contributed by atoms with Crippen LogP contribution in [0.3, 0.4) is 0 Å². The molecule has 1 aromatic carbocycles. The van der Waals surface area contributed by atoms with Crippen molar-refractivity contribution in [2.75, 3.05) is 10.6 Å². The standard InChI is InChI=1S/C16H17BrN2O/c1-12-5-4-10-18-15(12)16(20)19-14-8-2-6-13(11-14)7-3-9-17/h2,4-6,8,10-11H,3,7,9H2,1H3,(H,19,20). The van der Waals surface area contributed by atoms with Gasteiger partial charge in [0.15, 0.2) is 0 Å². The van der Waals surface area contributed by atoms with Crippen LogP contribution < -0.4 is 5.32 Å². The number of nitrogens with one attached hydrogen (secondary N) is 1. The average Bonchev–Trinajstić information content (AvgIpc) is 2.46. The average molecular weight is 333 g/mol. The van der Waals surface area contributed by atoms with Gasteiger partial charge in [-0.1, -0.05) is 34.1 Å². The smallest absolute Gasteiger partial charge is 0.274 e. The van der Waals surface area contributed by atoms with E-state index in [1.54, 1.807) is 6.20 Å². The molecule has 0 spiro atoms. The molecule has 1 aromatic heterocycles. The topological polar surface area (TPSA) is 42.0 Å². The Balaban J connectivity index is 2.10. The van der Waals surface area contributed by atoms with E-state index in [-0.39, 0.29) is 5.91 Å². The van der Waals surface area contributed by atoms with Gasteiger partial charge in [0, 0.05) is 17.2 Å². The predicted molar refractivity (Wildman–Crippen MR) is 85.5 cm³/mol. The minimum Gasteiger partial charge on any atom is -0.321 e. The number of amides is 1. The lowest BCUT2D eigenvalue weighted by molar-refractivity contribution is 0.102. The first-order valence-electron chi connectivity index (χ1n) is 6.58. The molecule has 0 radical (unpaired) electrons. The molecule has 0 fully saturated rings. The molecule has 0 atom stereocenters. The number of aryl methyl sites for hydroxylation is 2. The molecule has 1 heterocycles. The Morgan fingerprint density at radius 1 is 1.30 bits per heavy atom. The first kappa shape index (κ1) is 14.7. The first-order chi connectivity index (χ1) is 9.70. The lowest BCUT2D eigenvalue weighted by Gasteiger charge is -2.08. The van der Waals surface area contributed by atoms with E-state index >= 15 is 0 Å². The molecule has 2 aromatic rings. The van der Waals surface area contributed by atoms with Crippen LogP contribution in [0.25, 0.3) is 0 Å². The van der Waals surface area contributed by atoms with Crippen molar-refractivity contribution < 1.29 is 4.79 Å². The maximum atomic E-state index is 12.2. The summed E-state index contributed by atoms with van der Waals surface area (Å²) in [6.07, 6.45) is 3.71. The third kappa shape index (κ3) is 3.90. The van der Waals surface area contributed by atoms with Crippen molar-refractivity contribution in [2.24, 2.45) is 0 Å². The quantitative estimate of drug-likeness (QED) is 0.841. The SMILES string of the molecule is Cc1cccnc1C(=O)Nc1cccc(CCCBr)c1. The number of rotatable bonds is 5. The lowest BCUT2D eigenvalue weighted by atomic mass is 10.1. The lowest BCUT2D eigenvalue weighted by Crippen LogP contribution is -2.15. The van der Waals surface area contributed by atoms with Crippen LogP contribution in [0.5, 0.6) is 0 Å². The zero-order valence-electron chi connectivity index (χ0n) is 11.4. The van der Waals surface area contributed by atoms with Gasteiger partial charge in [0.1, 0.15) is 5.69 Å². The van der Waals surface area contributed by atoms with Gasteiger partial charge < -0.3 is 5.32 Å². The zero-order valence-corrected chi connectivity index (χ0v) is 13.0. The van der Waals surface area contributed by atoms with Crippen molar-refractivity contribution >= 4 is 27.5 Å². The number of carbonyl (C=O) groups is 1. The molecule has 1 amide bonds. The Hall–Kier alpha value is -1.68. The van der Waals surface area contributed by atoms with Crippen molar-refractivity contribution in [2.45, 2.75) is 19.8 Å². The highest BCUT2D eigenvalue weighted by atomic mass is 79.9. The predicted octanol–water partition coefficient (Wildman–Crippen LogP) is 3.97. The number of nitrogens with zero attached hydrogens (tertiary/aromatic N) is 1. The molecule has 0 saturated heterocycles. The summed E-state index contributed by atoms with van der Waals surface area (Å²) in [7, 11) is 0. The molecule has 0 aliphatic carbocycles. The normalized spacial score (nSPS) is 10.3. The number of carbonyl (C=O) groups excluding carboxylic acids is 1. The van der Waals surface area contributed by atoms with E-state index in [9.17, 15) is 4.79 Å². The monoisotopic (exact) mass is 332 g/mol. The number of hydrogen-bond donors (Lipinski definition) is 1. The van der Waals surface area contributed by atoms with Gasteiger partial charge in [0.25, 0.3) is 5.91 Å². The second kappa shape index (κ2) is 7.20. The summed E-state index contributed by atoms with van der Waals surface area (Å²) < 4.78 is 0. The largest absolute Gasteiger partial charge is 0.321 e. The van der Waals surface area contributed by atoms with Gasteiger partial charge in [-0.2, -0.15) is 0 Å². The third-order valence-electron chi connectivity index (χ3n) is 3.01. The molecular weight excluding hydrogens is 316 g/mol. The molecule has 0 unspecified atom stereocenters. The summed E-state index contributed by atoms with van der Waals surface area (Å²) in [5.74, 6) is -0.166. The Bertz CT molecular complexity index is 599. The van der Waals surface area contributed by atoms with Crippen molar-refractivity contribution in [3.8, 4) is 0 Å². The maximum Gasteiger partial charge on any atom is 0.274 e. The van der Waals surface area contributed by atoms with Crippen LogP contribution >= 0.6 is 15.9 Å². The molecule has 20 heavy (non-hydrogen) atoms. The Morgan fingerprint density at radius 2 is 2.15 bits per heavy atom. The van der Waals surface area contributed by atoms with Gasteiger partial charge in [-0.3, -0.25) is 9.78 Å². The van der Waals surface area contributed by atoms with E-state index in [0.29, 0.717) is 5.69 Å². The summed E-state index contributed by atoms with van der Waals surface area (Å²) in [4.78, 5) is 16.3. The van der Waals surface area contributed by atoms with Gasteiger partial charge in [0.05, 0.1) is 0 Å². The molecule has 2 rings (SSSR count). The molecule has 0 aliphatic rings. The van der Waals surface area contributed by atoms with Crippen molar-refractivity contribution in [1.82, 2.24) is 4.98 Å². The van der Waals surface area contributed by atoms with Gasteiger partial charge in [-0.15, -0.1) is 0 Å². The molecule has 0 aliphatic heterocycles. The Labute approximate surface area is 127 Å². The van der Waals surface area contributed by atoms with E-state index in [2.05, 4.69) is 32.3 Å². The van der Waals surface area contributed by atoms with E-state index in [4.69, 9.17) is 0 Å². The zero-order chi connectivity index (χ0) is 14.4. The number of hydrogen-bond acceptors (Lipinski definition) is 2. The Morgan fingerprint density at radius 3 is 2.90 bits per heavy atom. The summed E-state index contributed by atoms with van der Waals surface area (Å²) in [5.41, 5.74) is 3.38. The molecule has 0 saturated carbocycles. The van der Waals surface area contributed by atoms with Crippen LogP contribution in [0.2, 0.25) is 0 Å². The van der Waals surface area contributed by atoms with Crippen LogP contribution in [0.1, 0.15) is 28.0 Å². The number of aromatic nitrogens is 1. The first-order valence-corrected chi connectivity index (χ1v) is 7.70. The van der Waals surface area contributed by atoms with Gasteiger partial charge in [-0.05, 0) is 49.1 Å². The van der Waals surface area contributed by atoms with Crippen LogP contribution in [-0.2, 0) is 6.42 Å². The fourth-order valence-electron chi connectivity index (χ4n) is 1.99. The van der Waals surface area contributed by atoms with Gasteiger partial charge in [0.2, 0.25) is 0 Å². The second-order valence-electron chi connectivity index (χ2n) is 4.62. The molecule has 104 valence electrons. The van der Waals surface area contributed by atoms with Crippen molar-refractivity contribution in [3.05, 3.63) is 59.4 Å². The van der Waals surface area contributed by atoms with Crippen molar-refractivity contribution in [1.29, 1.82) is 0 Å². The van der Waals surface area contributed by atoms with E-state index in [1.165, 1.54) is 5.56 Å². The molecular formula is C16H17BrN2O. The number of alkyl halides is 1. The molecule has 4 heteroatoms. The summed E-state index contributed by atoms with van der Waals surface area (Å²) in [6, 6.07) is 11.7. The van der Waals surface area contributed by atoms with Crippen LogP contribution in [0.4, 0.5) is 5.69 Å². The second-order valence-corrected chi connectivity index (χ2v) is 5.41. The summed E-state index contributed by atoms with van der Waals surface area (Å²) in [6.45, 7) is 1.88. The number of benzene rings is 1. The van der Waals surface area contributed by atoms with Crippen LogP contribution in [-0.4, -0.2) is 16.2 Å². The Kier molecular flexibility index (Phi) is 5.30. The van der Waals surface area contributed by atoms with Gasteiger partial charge in [-0.25, -0.2) is 0 Å². The highest BCUT2D eigenvalue weighted by Gasteiger charge is 2.10. The van der Waals surface area contributed by atoms with E-state index in [1.807, 2.05) is 37.3 Å². The number of anilines is 1. The molecule has 0 bridgehead atoms. The minimum atomic E-state index is -0.166. The highest BCUT2D eigenvalue weighted by Crippen LogP contribution is 2.14.